The number of hydrogen-bond acceptors (Lipinski definition) is 3. The Labute approximate surface area is 121 Å². The minimum Gasteiger partial charge on any atom is -0.389 e. The fourth-order valence-electron chi connectivity index (χ4n) is 1.59. The molecule has 118 valence electrons. The Morgan fingerprint density at radius 3 is 2.19 bits per heavy atom. The van der Waals surface area contributed by atoms with Crippen LogP contribution < -0.4 is 10.6 Å². The monoisotopic (exact) mass is 331 g/mol. The maximum Gasteiger partial charge on any atom is 0.433 e. The summed E-state index contributed by atoms with van der Waals surface area (Å²) in [6.07, 6.45) is -9.37. The first kappa shape index (κ1) is 17.5. The molecule has 2 N–H and O–H groups in total. The van der Waals surface area contributed by atoms with Crippen LogP contribution in [0.4, 0.5) is 32.2 Å². The van der Waals surface area contributed by atoms with Gasteiger partial charge in [-0.15, -0.1) is 0 Å². The average molecular weight is 331 g/mol. The van der Waals surface area contributed by atoms with E-state index in [9.17, 15) is 26.3 Å². The van der Waals surface area contributed by atoms with Crippen molar-refractivity contribution < 1.29 is 26.3 Å². The second-order valence-corrected chi connectivity index (χ2v) is 4.50. The van der Waals surface area contributed by atoms with Crippen LogP contribution in [0.5, 0.6) is 0 Å². The lowest BCUT2D eigenvalue weighted by Gasteiger charge is -2.26. The highest BCUT2D eigenvalue weighted by Crippen LogP contribution is 2.31. The van der Waals surface area contributed by atoms with Gasteiger partial charge in [0, 0.05) is 6.54 Å². The number of halogens is 6. The lowest BCUT2D eigenvalue weighted by molar-refractivity contribution is -0.141. The molecular formula is C11H11F6N3S. The normalized spacial score (nSPS) is 12.3. The predicted octanol–water partition coefficient (Wildman–Crippen LogP) is 3.12. The zero-order valence-corrected chi connectivity index (χ0v) is 11.5. The number of anilines is 1. The number of rotatable bonds is 4. The van der Waals surface area contributed by atoms with Crippen molar-refractivity contribution in [3.63, 3.8) is 0 Å². The van der Waals surface area contributed by atoms with Crippen LogP contribution in [0, 0.1) is 0 Å². The van der Waals surface area contributed by atoms with Crippen LogP contribution in [0.3, 0.4) is 0 Å². The van der Waals surface area contributed by atoms with Crippen LogP contribution in [-0.4, -0.2) is 29.2 Å². The molecule has 0 unspecified atom stereocenters. The highest BCUT2D eigenvalue weighted by atomic mass is 32.1. The van der Waals surface area contributed by atoms with Gasteiger partial charge >= 0.3 is 12.4 Å². The topological polar surface area (TPSA) is 42.2 Å². The molecule has 0 spiro atoms. The van der Waals surface area contributed by atoms with E-state index >= 15 is 0 Å². The SMILES string of the molecule is CCN(CC(F)(F)F)c1nc(C(F)(F)F)ccc1C(N)=S. The van der Waals surface area contributed by atoms with Gasteiger partial charge in [0.25, 0.3) is 0 Å². The van der Waals surface area contributed by atoms with Crippen molar-refractivity contribution >= 4 is 23.0 Å². The predicted molar refractivity (Wildman–Crippen MR) is 69.1 cm³/mol. The largest absolute Gasteiger partial charge is 0.433 e. The molecule has 3 nitrogen and oxygen atoms in total. The van der Waals surface area contributed by atoms with Crippen molar-refractivity contribution in [3.8, 4) is 0 Å². The Hall–Kier alpha value is -1.58. The Balaban J connectivity index is 3.37. The van der Waals surface area contributed by atoms with Crippen molar-refractivity contribution in [3.05, 3.63) is 23.4 Å². The molecule has 0 saturated carbocycles. The van der Waals surface area contributed by atoms with Crippen LogP contribution in [0.1, 0.15) is 18.2 Å². The average Bonchev–Trinajstić information content (AvgIpc) is 2.33. The molecule has 0 aliphatic heterocycles. The lowest BCUT2D eigenvalue weighted by atomic mass is 10.2. The molecule has 0 radical (unpaired) electrons. The molecule has 0 bridgehead atoms. The van der Waals surface area contributed by atoms with E-state index in [1.807, 2.05) is 0 Å². The van der Waals surface area contributed by atoms with Crippen molar-refractivity contribution in [2.24, 2.45) is 5.73 Å². The zero-order valence-electron chi connectivity index (χ0n) is 10.7. The van der Waals surface area contributed by atoms with E-state index in [0.717, 1.165) is 6.07 Å². The Bertz CT molecular complexity index is 526. The Morgan fingerprint density at radius 1 is 1.24 bits per heavy atom. The van der Waals surface area contributed by atoms with Gasteiger partial charge in [-0.05, 0) is 19.1 Å². The summed E-state index contributed by atoms with van der Waals surface area (Å²) in [6, 6.07) is 1.55. The molecule has 0 amide bonds. The minimum absolute atomic E-state index is 0.135. The van der Waals surface area contributed by atoms with Crippen LogP contribution in [-0.2, 0) is 6.18 Å². The van der Waals surface area contributed by atoms with Gasteiger partial charge in [0.2, 0.25) is 0 Å². The summed E-state index contributed by atoms with van der Waals surface area (Å²) in [5.41, 5.74) is 3.89. The number of alkyl halides is 6. The molecular weight excluding hydrogens is 320 g/mol. The van der Waals surface area contributed by atoms with Gasteiger partial charge < -0.3 is 10.6 Å². The molecule has 0 aromatic carbocycles. The van der Waals surface area contributed by atoms with Crippen molar-refractivity contribution in [2.45, 2.75) is 19.3 Å². The summed E-state index contributed by atoms with van der Waals surface area (Å²) in [4.78, 5) is 3.57. The summed E-state index contributed by atoms with van der Waals surface area (Å²) in [5, 5.41) is 0. The van der Waals surface area contributed by atoms with Crippen molar-refractivity contribution in [1.82, 2.24) is 4.98 Å². The van der Waals surface area contributed by atoms with Gasteiger partial charge in [-0.3, -0.25) is 0 Å². The number of hydrogen-bond donors (Lipinski definition) is 1. The molecule has 0 aliphatic carbocycles. The summed E-state index contributed by atoms with van der Waals surface area (Å²) in [5.74, 6) is -0.530. The highest BCUT2D eigenvalue weighted by molar-refractivity contribution is 7.80. The van der Waals surface area contributed by atoms with Gasteiger partial charge in [-0.25, -0.2) is 4.98 Å². The van der Waals surface area contributed by atoms with Gasteiger partial charge in [0.05, 0.1) is 5.56 Å². The standard InChI is InChI=1S/C11H11F6N3S/c1-2-20(5-10(12,13)14)9-6(8(18)21)3-4-7(19-9)11(15,16)17/h3-4H,2,5H2,1H3,(H2,18,21). The fraction of sp³-hybridized carbons (Fsp3) is 0.455. The first-order valence-electron chi connectivity index (χ1n) is 5.65. The summed E-state index contributed by atoms with van der Waals surface area (Å²) >= 11 is 4.64. The van der Waals surface area contributed by atoms with E-state index in [0.29, 0.717) is 11.0 Å². The van der Waals surface area contributed by atoms with E-state index in [2.05, 4.69) is 17.2 Å². The molecule has 0 saturated heterocycles. The van der Waals surface area contributed by atoms with Crippen LogP contribution in [0.15, 0.2) is 12.1 Å². The zero-order chi connectivity index (χ0) is 16.4. The van der Waals surface area contributed by atoms with E-state index < -0.39 is 30.4 Å². The Morgan fingerprint density at radius 2 is 1.81 bits per heavy atom. The van der Waals surface area contributed by atoms with Crippen LogP contribution >= 0.6 is 12.2 Å². The third kappa shape index (κ3) is 4.73. The second kappa shape index (κ2) is 6.04. The van der Waals surface area contributed by atoms with Crippen LogP contribution in [0.2, 0.25) is 0 Å². The fourth-order valence-corrected chi connectivity index (χ4v) is 1.75. The third-order valence-electron chi connectivity index (χ3n) is 2.48. The molecule has 1 aromatic rings. The number of nitrogens with zero attached hydrogens (tertiary/aromatic N) is 2. The Kier molecular flexibility index (Phi) is 5.03. The first-order valence-corrected chi connectivity index (χ1v) is 6.06. The minimum atomic E-state index is -4.78. The molecule has 0 fully saturated rings. The molecule has 0 atom stereocenters. The second-order valence-electron chi connectivity index (χ2n) is 4.06. The summed E-state index contributed by atoms with van der Waals surface area (Å²) in [6.45, 7) is -0.298. The molecule has 1 aromatic heterocycles. The third-order valence-corrected chi connectivity index (χ3v) is 2.70. The highest BCUT2D eigenvalue weighted by Gasteiger charge is 2.36. The van der Waals surface area contributed by atoms with E-state index in [4.69, 9.17) is 5.73 Å². The lowest BCUT2D eigenvalue weighted by Crippen LogP contribution is -2.36. The number of nitrogens with two attached hydrogens (primary N) is 1. The molecule has 10 heteroatoms. The van der Waals surface area contributed by atoms with Crippen molar-refractivity contribution in [1.29, 1.82) is 0 Å². The quantitative estimate of drug-likeness (QED) is 0.680. The number of aromatic nitrogens is 1. The molecule has 1 rings (SSSR count). The molecule has 21 heavy (non-hydrogen) atoms. The van der Waals surface area contributed by atoms with E-state index in [-0.39, 0.29) is 17.1 Å². The first-order chi connectivity index (χ1) is 9.45. The van der Waals surface area contributed by atoms with E-state index in [1.54, 1.807) is 0 Å². The van der Waals surface area contributed by atoms with Gasteiger partial charge in [-0.2, -0.15) is 26.3 Å². The van der Waals surface area contributed by atoms with Crippen molar-refractivity contribution in [2.75, 3.05) is 18.0 Å². The van der Waals surface area contributed by atoms with Gasteiger partial charge in [0.1, 0.15) is 23.0 Å². The maximum atomic E-state index is 12.6. The van der Waals surface area contributed by atoms with Gasteiger partial charge in [-0.1, -0.05) is 12.2 Å². The van der Waals surface area contributed by atoms with E-state index in [1.165, 1.54) is 6.92 Å². The number of pyridine rings is 1. The summed E-state index contributed by atoms with van der Waals surface area (Å²) < 4.78 is 75.4. The van der Waals surface area contributed by atoms with Crippen LogP contribution in [0.25, 0.3) is 0 Å². The van der Waals surface area contributed by atoms with Gasteiger partial charge in [0.15, 0.2) is 0 Å². The molecule has 1 heterocycles. The molecule has 0 aliphatic rings. The smallest absolute Gasteiger partial charge is 0.389 e. The number of thiocarbonyl (C=S) groups is 1. The maximum absolute atomic E-state index is 12.6. The summed E-state index contributed by atoms with van der Waals surface area (Å²) in [7, 11) is 0.